The maximum Gasteiger partial charge on any atom is 0.225 e. The van der Waals surface area contributed by atoms with Crippen molar-refractivity contribution in [2.24, 2.45) is 0 Å². The van der Waals surface area contributed by atoms with E-state index in [9.17, 15) is 4.79 Å². The highest BCUT2D eigenvalue weighted by molar-refractivity contribution is 5.79. The lowest BCUT2D eigenvalue weighted by atomic mass is 10.3. The summed E-state index contributed by atoms with van der Waals surface area (Å²) in [6.07, 6.45) is -0.346. The molecular weight excluding hydrogens is 146 g/mol. The molecule has 0 radical (unpaired) electrons. The van der Waals surface area contributed by atoms with E-state index >= 15 is 0 Å². The van der Waals surface area contributed by atoms with Crippen LogP contribution in [0, 0.1) is 0 Å². The molecule has 64 valence electrons. The molecule has 0 aromatic carbocycles. The first-order valence-electron chi connectivity index (χ1n) is 3.73. The van der Waals surface area contributed by atoms with E-state index in [0.29, 0.717) is 6.54 Å². The molecule has 1 saturated heterocycles. The van der Waals surface area contributed by atoms with Crippen LogP contribution in [-0.4, -0.2) is 46.3 Å². The van der Waals surface area contributed by atoms with Crippen LogP contribution in [0.1, 0.15) is 13.3 Å². The van der Waals surface area contributed by atoms with Crippen LogP contribution in [0.4, 0.5) is 0 Å². The molecule has 4 nitrogen and oxygen atoms in total. The molecule has 1 aliphatic heterocycles. The molecular formula is C7H13NO3. The van der Waals surface area contributed by atoms with Crippen LogP contribution in [0.5, 0.6) is 0 Å². The Kier molecular flexibility index (Phi) is 2.46. The van der Waals surface area contributed by atoms with Gasteiger partial charge >= 0.3 is 0 Å². The summed E-state index contributed by atoms with van der Waals surface area (Å²) in [5, 5.41) is 17.8. The average Bonchev–Trinajstić information content (AvgIpc) is 2.28. The van der Waals surface area contributed by atoms with Gasteiger partial charge < -0.3 is 15.1 Å². The van der Waals surface area contributed by atoms with E-state index in [2.05, 4.69) is 0 Å². The smallest absolute Gasteiger partial charge is 0.225 e. The number of rotatable bonds is 2. The second-order valence-corrected chi connectivity index (χ2v) is 2.94. The molecule has 0 aromatic heterocycles. The average molecular weight is 159 g/mol. The van der Waals surface area contributed by atoms with Gasteiger partial charge in [-0.3, -0.25) is 4.79 Å². The fourth-order valence-corrected chi connectivity index (χ4v) is 1.24. The van der Waals surface area contributed by atoms with Crippen LogP contribution in [0.15, 0.2) is 0 Å². The minimum atomic E-state index is -0.545. The predicted molar refractivity (Wildman–Crippen MR) is 38.9 cm³/mol. The Morgan fingerprint density at radius 3 is 2.82 bits per heavy atom. The lowest BCUT2D eigenvalue weighted by Gasteiger charge is -2.21. The van der Waals surface area contributed by atoms with Crippen molar-refractivity contribution in [3.8, 4) is 0 Å². The van der Waals surface area contributed by atoms with E-state index in [-0.39, 0.29) is 25.0 Å². The van der Waals surface area contributed by atoms with Gasteiger partial charge in [-0.25, -0.2) is 0 Å². The zero-order valence-corrected chi connectivity index (χ0v) is 6.53. The van der Waals surface area contributed by atoms with Gasteiger partial charge in [0, 0.05) is 6.54 Å². The highest BCUT2D eigenvalue weighted by Crippen LogP contribution is 2.13. The van der Waals surface area contributed by atoms with Crippen molar-refractivity contribution < 1.29 is 15.0 Å². The van der Waals surface area contributed by atoms with Crippen molar-refractivity contribution in [3.63, 3.8) is 0 Å². The second-order valence-electron chi connectivity index (χ2n) is 2.94. The maximum absolute atomic E-state index is 11.0. The zero-order chi connectivity index (χ0) is 8.43. The van der Waals surface area contributed by atoms with E-state index in [1.165, 1.54) is 4.90 Å². The number of hydrogen-bond donors (Lipinski definition) is 2. The first-order valence-corrected chi connectivity index (χ1v) is 3.73. The molecule has 2 atom stereocenters. The van der Waals surface area contributed by atoms with Crippen molar-refractivity contribution in [1.82, 2.24) is 4.90 Å². The number of aliphatic hydroxyl groups excluding tert-OH is 2. The number of carbonyl (C=O) groups is 1. The molecule has 1 rings (SSSR count). The lowest BCUT2D eigenvalue weighted by molar-refractivity contribution is -0.130. The topological polar surface area (TPSA) is 60.8 Å². The Labute approximate surface area is 65.4 Å². The van der Waals surface area contributed by atoms with Crippen molar-refractivity contribution in [3.05, 3.63) is 0 Å². The van der Waals surface area contributed by atoms with E-state index in [0.717, 1.165) is 0 Å². The summed E-state index contributed by atoms with van der Waals surface area (Å²) >= 11 is 0. The molecule has 1 fully saturated rings. The van der Waals surface area contributed by atoms with Crippen LogP contribution in [-0.2, 0) is 4.79 Å². The Hall–Kier alpha value is -0.610. The van der Waals surface area contributed by atoms with E-state index in [1.54, 1.807) is 6.92 Å². The van der Waals surface area contributed by atoms with Gasteiger partial charge in [0.05, 0.1) is 25.2 Å². The van der Waals surface area contributed by atoms with Crippen LogP contribution in [0.25, 0.3) is 0 Å². The summed E-state index contributed by atoms with van der Waals surface area (Å²) in [5.74, 6) is -0.0703. The molecule has 1 heterocycles. The maximum atomic E-state index is 11.0. The number of nitrogens with zero attached hydrogens (tertiary/aromatic N) is 1. The SMILES string of the molecule is CC(CO)N1CC(O)CC1=O. The number of hydrogen-bond acceptors (Lipinski definition) is 3. The standard InChI is InChI=1S/C7H13NO3/c1-5(4-9)8-3-6(10)2-7(8)11/h5-6,9-10H,2-4H2,1H3. The third-order valence-corrected chi connectivity index (χ3v) is 1.93. The fourth-order valence-electron chi connectivity index (χ4n) is 1.24. The third-order valence-electron chi connectivity index (χ3n) is 1.93. The highest BCUT2D eigenvalue weighted by Gasteiger charge is 2.30. The van der Waals surface area contributed by atoms with Gasteiger partial charge in [-0.15, -0.1) is 0 Å². The zero-order valence-electron chi connectivity index (χ0n) is 6.53. The molecule has 0 saturated carbocycles. The number of likely N-dealkylation sites (tertiary alicyclic amines) is 1. The summed E-state index contributed by atoms with van der Waals surface area (Å²) in [4.78, 5) is 12.5. The number of aliphatic hydroxyl groups is 2. The highest BCUT2D eigenvalue weighted by atomic mass is 16.3. The minimum absolute atomic E-state index is 0.0432. The van der Waals surface area contributed by atoms with Crippen molar-refractivity contribution in [1.29, 1.82) is 0 Å². The summed E-state index contributed by atoms with van der Waals surface area (Å²) in [5.41, 5.74) is 0. The minimum Gasteiger partial charge on any atom is -0.394 e. The quantitative estimate of drug-likeness (QED) is 0.541. The molecule has 2 unspecified atom stereocenters. The Morgan fingerprint density at radius 2 is 2.45 bits per heavy atom. The molecule has 1 aliphatic rings. The second kappa shape index (κ2) is 3.19. The lowest BCUT2D eigenvalue weighted by Crippen LogP contribution is -2.37. The van der Waals surface area contributed by atoms with Crippen LogP contribution in [0.3, 0.4) is 0 Å². The largest absolute Gasteiger partial charge is 0.394 e. The molecule has 2 N–H and O–H groups in total. The first kappa shape index (κ1) is 8.49. The van der Waals surface area contributed by atoms with Gasteiger partial charge in [0.2, 0.25) is 5.91 Å². The predicted octanol–water partition coefficient (Wildman–Crippen LogP) is -1.04. The summed E-state index contributed by atoms with van der Waals surface area (Å²) in [7, 11) is 0. The molecule has 11 heavy (non-hydrogen) atoms. The Morgan fingerprint density at radius 1 is 1.82 bits per heavy atom. The summed E-state index contributed by atoms with van der Waals surface area (Å²) < 4.78 is 0. The van der Waals surface area contributed by atoms with Gasteiger partial charge in [0.25, 0.3) is 0 Å². The number of amides is 1. The van der Waals surface area contributed by atoms with Crippen LogP contribution >= 0.6 is 0 Å². The van der Waals surface area contributed by atoms with Crippen molar-refractivity contribution in [2.75, 3.05) is 13.2 Å². The first-order chi connectivity index (χ1) is 5.15. The molecule has 0 aromatic rings. The van der Waals surface area contributed by atoms with Crippen LogP contribution < -0.4 is 0 Å². The molecule has 0 aliphatic carbocycles. The third kappa shape index (κ3) is 1.70. The van der Waals surface area contributed by atoms with Gasteiger partial charge in [0.15, 0.2) is 0 Å². The van der Waals surface area contributed by atoms with Crippen molar-refractivity contribution in [2.45, 2.75) is 25.5 Å². The van der Waals surface area contributed by atoms with Crippen LogP contribution in [0.2, 0.25) is 0 Å². The van der Waals surface area contributed by atoms with Gasteiger partial charge in [0.1, 0.15) is 0 Å². The Balaban J connectivity index is 2.52. The van der Waals surface area contributed by atoms with E-state index in [1.807, 2.05) is 0 Å². The van der Waals surface area contributed by atoms with Gasteiger partial charge in [-0.2, -0.15) is 0 Å². The number of β-amino-alcohol motifs (C(OH)–C–C–N with tert-alkyl or cyclic N) is 1. The summed E-state index contributed by atoms with van der Waals surface area (Å²) in [6.45, 7) is 2.08. The Bertz CT molecular complexity index is 160. The van der Waals surface area contributed by atoms with Gasteiger partial charge in [-0.05, 0) is 6.92 Å². The fraction of sp³-hybridized carbons (Fsp3) is 0.857. The normalized spacial score (nSPS) is 27.7. The number of carbonyl (C=O) groups excluding carboxylic acids is 1. The molecule has 4 heteroatoms. The molecule has 0 spiro atoms. The van der Waals surface area contributed by atoms with Crippen molar-refractivity contribution >= 4 is 5.91 Å². The summed E-state index contributed by atoms with van der Waals surface area (Å²) in [6, 6.07) is -0.167. The molecule has 0 bridgehead atoms. The monoisotopic (exact) mass is 159 g/mol. The van der Waals surface area contributed by atoms with E-state index < -0.39 is 6.10 Å². The van der Waals surface area contributed by atoms with Gasteiger partial charge in [-0.1, -0.05) is 0 Å². The molecule has 1 amide bonds. The van der Waals surface area contributed by atoms with E-state index in [4.69, 9.17) is 10.2 Å².